The summed E-state index contributed by atoms with van der Waals surface area (Å²) in [5.41, 5.74) is 0. The SMILES string of the molecule is COc1ccc(OCCNC(=O)C[N+](=O)[O-])cc1. The molecule has 0 saturated carbocycles. The lowest BCUT2D eigenvalue weighted by molar-refractivity contribution is -0.467. The lowest BCUT2D eigenvalue weighted by atomic mass is 10.3. The molecule has 0 aromatic heterocycles. The summed E-state index contributed by atoms with van der Waals surface area (Å²) in [6, 6.07) is 6.97. The van der Waals surface area contributed by atoms with Gasteiger partial charge in [-0.3, -0.25) is 14.9 Å². The first-order chi connectivity index (χ1) is 8.61. The van der Waals surface area contributed by atoms with Crippen LogP contribution in [0.15, 0.2) is 24.3 Å². The molecule has 0 aliphatic carbocycles. The van der Waals surface area contributed by atoms with Gasteiger partial charge in [-0.25, -0.2) is 0 Å². The van der Waals surface area contributed by atoms with Crippen LogP contribution in [0.25, 0.3) is 0 Å². The number of amides is 1. The zero-order chi connectivity index (χ0) is 13.4. The maximum absolute atomic E-state index is 10.9. The lowest BCUT2D eigenvalue weighted by Crippen LogP contribution is -2.32. The van der Waals surface area contributed by atoms with E-state index in [-0.39, 0.29) is 13.2 Å². The maximum atomic E-state index is 10.9. The van der Waals surface area contributed by atoms with Gasteiger partial charge in [-0.1, -0.05) is 0 Å². The molecule has 0 unspecified atom stereocenters. The summed E-state index contributed by atoms with van der Waals surface area (Å²) in [6.07, 6.45) is 0. The number of methoxy groups -OCH3 is 1. The normalized spacial score (nSPS) is 9.61. The second-order valence-corrected chi connectivity index (χ2v) is 3.36. The zero-order valence-corrected chi connectivity index (χ0v) is 9.92. The topological polar surface area (TPSA) is 90.7 Å². The zero-order valence-electron chi connectivity index (χ0n) is 9.92. The van der Waals surface area contributed by atoms with Crippen molar-refractivity contribution in [2.75, 3.05) is 26.8 Å². The van der Waals surface area contributed by atoms with Gasteiger partial charge in [0.1, 0.15) is 18.1 Å². The molecule has 98 valence electrons. The average Bonchev–Trinajstić information content (AvgIpc) is 2.34. The second kappa shape index (κ2) is 7.10. The molecule has 7 heteroatoms. The molecule has 18 heavy (non-hydrogen) atoms. The third-order valence-electron chi connectivity index (χ3n) is 2.03. The van der Waals surface area contributed by atoms with Crippen LogP contribution in [0.5, 0.6) is 11.5 Å². The number of carbonyl (C=O) groups excluding carboxylic acids is 1. The quantitative estimate of drug-likeness (QED) is 0.434. The molecular formula is C11H14N2O5. The molecule has 0 heterocycles. The molecule has 1 amide bonds. The number of carbonyl (C=O) groups is 1. The Kier molecular flexibility index (Phi) is 5.43. The molecule has 0 atom stereocenters. The number of hydrogen-bond donors (Lipinski definition) is 1. The van der Waals surface area contributed by atoms with E-state index in [0.717, 1.165) is 5.75 Å². The standard InChI is InChI=1S/C11H14N2O5/c1-17-9-2-4-10(5-3-9)18-7-6-12-11(14)8-13(15)16/h2-5H,6-8H2,1H3,(H,12,14). The van der Waals surface area contributed by atoms with Crippen molar-refractivity contribution in [2.45, 2.75) is 0 Å². The van der Waals surface area contributed by atoms with E-state index in [1.165, 1.54) is 0 Å². The van der Waals surface area contributed by atoms with Gasteiger partial charge in [0.2, 0.25) is 0 Å². The molecule has 0 aliphatic rings. The fourth-order valence-corrected chi connectivity index (χ4v) is 1.20. The number of nitrogens with zero attached hydrogens (tertiary/aromatic N) is 1. The van der Waals surface area contributed by atoms with Crippen molar-refractivity contribution in [3.05, 3.63) is 34.4 Å². The number of benzene rings is 1. The Balaban J connectivity index is 2.21. The first-order valence-electron chi connectivity index (χ1n) is 5.27. The van der Waals surface area contributed by atoms with E-state index in [9.17, 15) is 14.9 Å². The smallest absolute Gasteiger partial charge is 0.291 e. The van der Waals surface area contributed by atoms with Crippen LogP contribution in [0.4, 0.5) is 0 Å². The lowest BCUT2D eigenvalue weighted by Gasteiger charge is -2.07. The van der Waals surface area contributed by atoms with E-state index in [0.29, 0.717) is 5.75 Å². The monoisotopic (exact) mass is 254 g/mol. The van der Waals surface area contributed by atoms with Gasteiger partial charge in [0.25, 0.3) is 12.5 Å². The molecule has 0 radical (unpaired) electrons. The third kappa shape index (κ3) is 5.15. The third-order valence-corrected chi connectivity index (χ3v) is 2.03. The van der Waals surface area contributed by atoms with Gasteiger partial charge in [-0.15, -0.1) is 0 Å². The number of rotatable bonds is 7. The summed E-state index contributed by atoms with van der Waals surface area (Å²) in [5, 5.41) is 12.4. The summed E-state index contributed by atoms with van der Waals surface area (Å²) in [6.45, 7) is -0.253. The number of hydrogen-bond acceptors (Lipinski definition) is 5. The largest absolute Gasteiger partial charge is 0.497 e. The van der Waals surface area contributed by atoms with Gasteiger partial charge in [0, 0.05) is 4.92 Å². The van der Waals surface area contributed by atoms with E-state index in [1.54, 1.807) is 31.4 Å². The van der Waals surface area contributed by atoms with Crippen LogP contribution in [0.1, 0.15) is 0 Å². The fourth-order valence-electron chi connectivity index (χ4n) is 1.20. The predicted octanol–water partition coefficient (Wildman–Crippen LogP) is 0.467. The maximum Gasteiger partial charge on any atom is 0.291 e. The van der Waals surface area contributed by atoms with Gasteiger partial charge in [0.05, 0.1) is 13.7 Å². The van der Waals surface area contributed by atoms with E-state index in [1.807, 2.05) is 0 Å². The van der Waals surface area contributed by atoms with E-state index >= 15 is 0 Å². The summed E-state index contributed by atoms with van der Waals surface area (Å²) in [4.78, 5) is 20.3. The molecule has 0 aliphatic heterocycles. The minimum Gasteiger partial charge on any atom is -0.497 e. The van der Waals surface area contributed by atoms with Crippen molar-refractivity contribution in [3.8, 4) is 11.5 Å². The van der Waals surface area contributed by atoms with Gasteiger partial charge < -0.3 is 14.8 Å². The van der Waals surface area contributed by atoms with Crippen LogP contribution in [0, 0.1) is 10.1 Å². The molecule has 0 spiro atoms. The molecule has 1 aromatic carbocycles. The summed E-state index contributed by atoms with van der Waals surface area (Å²) in [5.74, 6) is 0.735. The van der Waals surface area contributed by atoms with Crippen LogP contribution >= 0.6 is 0 Å². The Bertz CT molecular complexity index is 404. The van der Waals surface area contributed by atoms with E-state index in [2.05, 4.69) is 5.32 Å². The summed E-state index contributed by atoms with van der Waals surface area (Å²) < 4.78 is 10.3. The van der Waals surface area contributed by atoms with Crippen molar-refractivity contribution >= 4 is 5.91 Å². The molecule has 0 fully saturated rings. The minimum atomic E-state index is -0.720. The summed E-state index contributed by atoms with van der Waals surface area (Å²) in [7, 11) is 1.57. The highest BCUT2D eigenvalue weighted by Crippen LogP contribution is 2.16. The van der Waals surface area contributed by atoms with Crippen LogP contribution in [-0.4, -0.2) is 37.6 Å². The molecule has 1 aromatic rings. The van der Waals surface area contributed by atoms with E-state index in [4.69, 9.17) is 9.47 Å². The van der Waals surface area contributed by atoms with Crippen LogP contribution in [-0.2, 0) is 4.79 Å². The predicted molar refractivity (Wildman–Crippen MR) is 63.4 cm³/mol. The molecule has 1 rings (SSSR count). The Morgan fingerprint density at radius 1 is 1.33 bits per heavy atom. The number of ether oxygens (including phenoxy) is 2. The number of nitro groups is 1. The van der Waals surface area contributed by atoms with Crippen molar-refractivity contribution in [2.24, 2.45) is 0 Å². The van der Waals surface area contributed by atoms with Gasteiger partial charge >= 0.3 is 0 Å². The van der Waals surface area contributed by atoms with Crippen LogP contribution in [0.2, 0.25) is 0 Å². The first-order valence-corrected chi connectivity index (χ1v) is 5.27. The average molecular weight is 254 g/mol. The molecule has 1 N–H and O–H groups in total. The minimum absolute atomic E-state index is 0.221. The Hall–Kier alpha value is -2.31. The molecule has 7 nitrogen and oxygen atoms in total. The number of nitrogens with one attached hydrogen (secondary N) is 1. The van der Waals surface area contributed by atoms with Crippen molar-refractivity contribution < 1.29 is 19.2 Å². The highest BCUT2D eigenvalue weighted by Gasteiger charge is 2.07. The highest BCUT2D eigenvalue weighted by atomic mass is 16.6. The van der Waals surface area contributed by atoms with Crippen LogP contribution < -0.4 is 14.8 Å². The molecular weight excluding hydrogens is 240 g/mol. The molecule has 0 bridgehead atoms. The Morgan fingerprint density at radius 2 is 1.94 bits per heavy atom. The Morgan fingerprint density at radius 3 is 2.50 bits per heavy atom. The van der Waals surface area contributed by atoms with Crippen LogP contribution in [0.3, 0.4) is 0 Å². The van der Waals surface area contributed by atoms with Gasteiger partial charge in [-0.05, 0) is 24.3 Å². The summed E-state index contributed by atoms with van der Waals surface area (Å²) >= 11 is 0. The van der Waals surface area contributed by atoms with Gasteiger partial charge in [-0.2, -0.15) is 0 Å². The van der Waals surface area contributed by atoms with Crippen molar-refractivity contribution in [1.82, 2.24) is 5.32 Å². The fraction of sp³-hybridized carbons (Fsp3) is 0.364. The Labute approximate surface area is 104 Å². The van der Waals surface area contributed by atoms with E-state index < -0.39 is 17.4 Å². The van der Waals surface area contributed by atoms with Crippen molar-refractivity contribution in [3.63, 3.8) is 0 Å². The van der Waals surface area contributed by atoms with Gasteiger partial charge in [0.15, 0.2) is 0 Å². The second-order valence-electron chi connectivity index (χ2n) is 3.36. The first kappa shape index (κ1) is 13.8. The molecule has 0 saturated heterocycles. The van der Waals surface area contributed by atoms with Crippen molar-refractivity contribution in [1.29, 1.82) is 0 Å². The highest BCUT2D eigenvalue weighted by molar-refractivity contribution is 5.76.